The minimum atomic E-state index is -0.925. The summed E-state index contributed by atoms with van der Waals surface area (Å²) in [5.41, 5.74) is 3.39. The number of aromatic nitrogens is 4. The smallest absolute Gasteiger partial charge is 0.341 e. The summed E-state index contributed by atoms with van der Waals surface area (Å²) in [6, 6.07) is 7.35. The highest BCUT2D eigenvalue weighted by Gasteiger charge is 2.29. The number of carboxylic acid groups (broad SMARTS) is 1. The van der Waals surface area contributed by atoms with Crippen LogP contribution in [0.3, 0.4) is 0 Å². The molecule has 4 aromatic heterocycles. The van der Waals surface area contributed by atoms with Gasteiger partial charge in [0.2, 0.25) is 0 Å². The van der Waals surface area contributed by atoms with Crippen molar-refractivity contribution >= 4 is 34.0 Å². The Kier molecular flexibility index (Phi) is 10.2. The molecule has 4 unspecified atom stereocenters. The van der Waals surface area contributed by atoms with Crippen LogP contribution < -0.4 is 0 Å². The average Bonchev–Trinajstić information content (AvgIpc) is 3.40. The number of hydrogen-bond donors (Lipinski definition) is 1. The van der Waals surface area contributed by atoms with E-state index in [1.54, 1.807) is 38.7 Å². The molecule has 228 valence electrons. The van der Waals surface area contributed by atoms with Gasteiger partial charge in [-0.15, -0.1) is 0 Å². The van der Waals surface area contributed by atoms with Gasteiger partial charge in [-0.25, -0.2) is 19.6 Å². The van der Waals surface area contributed by atoms with E-state index >= 15 is 0 Å². The molecule has 0 aliphatic rings. The molecule has 4 rings (SSSR count). The van der Waals surface area contributed by atoms with Gasteiger partial charge in [0.1, 0.15) is 16.9 Å². The van der Waals surface area contributed by atoms with Crippen LogP contribution in [0.4, 0.5) is 0 Å². The van der Waals surface area contributed by atoms with E-state index in [2.05, 4.69) is 21.5 Å². The van der Waals surface area contributed by atoms with Gasteiger partial charge in [-0.3, -0.25) is 0 Å². The number of nitrogens with zero attached hydrogens (tertiary/aromatic N) is 4. The van der Waals surface area contributed by atoms with Gasteiger partial charge >= 0.3 is 11.9 Å². The van der Waals surface area contributed by atoms with Crippen LogP contribution in [-0.2, 0) is 14.2 Å². The Morgan fingerprint density at radius 3 is 1.57 bits per heavy atom. The Balaban J connectivity index is 0.000000235. The van der Waals surface area contributed by atoms with Crippen LogP contribution in [0.25, 0.3) is 22.1 Å². The van der Waals surface area contributed by atoms with Crippen molar-refractivity contribution in [3.8, 4) is 0 Å². The molecule has 0 bridgehead atoms. The molecular weight excluding hydrogens is 536 g/mol. The summed E-state index contributed by atoms with van der Waals surface area (Å²) in [6.45, 7) is 17.4. The van der Waals surface area contributed by atoms with E-state index in [9.17, 15) is 14.7 Å². The summed E-state index contributed by atoms with van der Waals surface area (Å²) >= 11 is 0. The van der Waals surface area contributed by atoms with E-state index in [0.29, 0.717) is 27.9 Å². The summed E-state index contributed by atoms with van der Waals surface area (Å²) in [4.78, 5) is 32.9. The Bertz CT molecular complexity index is 1560. The maximum Gasteiger partial charge on any atom is 0.341 e. The molecule has 0 saturated heterocycles. The van der Waals surface area contributed by atoms with Crippen molar-refractivity contribution in [3.05, 3.63) is 59.2 Å². The average molecular weight is 581 g/mol. The number of carbonyl (C=O) groups is 2. The van der Waals surface area contributed by atoms with Gasteiger partial charge in [-0.2, -0.15) is 0 Å². The predicted molar refractivity (Wildman–Crippen MR) is 163 cm³/mol. The number of rotatable bonds is 8. The minimum absolute atomic E-state index is 0.00204. The normalized spacial score (nSPS) is 14.6. The van der Waals surface area contributed by atoms with Gasteiger partial charge in [0.25, 0.3) is 0 Å². The molecule has 0 fully saturated rings. The summed E-state index contributed by atoms with van der Waals surface area (Å²) in [5, 5.41) is 10.9. The standard InChI is InChI=1S/C18H26N2O3.C14H18N2O3/c1-11(13(3)22-7)20-12(2)15(17(21)23-18(4,5)6)14-9-8-10-19-16(14)20;1-8(10(3)19-4)16-9(2)12(14(17)18)11-6-5-7-15-13(11)16/h8-11,13H,1-7H3;5-8,10H,1-4H3,(H,17,18). The molecule has 0 saturated carbocycles. The number of esters is 1. The van der Waals surface area contributed by atoms with Gasteiger partial charge in [0, 0.05) is 48.8 Å². The molecule has 0 aliphatic carbocycles. The second kappa shape index (κ2) is 13.0. The van der Waals surface area contributed by atoms with Crippen LogP contribution in [-0.4, -0.2) is 68.2 Å². The van der Waals surface area contributed by atoms with Gasteiger partial charge in [-0.05, 0) is 86.6 Å². The highest BCUT2D eigenvalue weighted by molar-refractivity contribution is 6.05. The molecule has 0 aliphatic heterocycles. The molecule has 4 aromatic rings. The first-order valence-corrected chi connectivity index (χ1v) is 14.1. The van der Waals surface area contributed by atoms with Crippen molar-refractivity contribution in [2.45, 2.75) is 92.2 Å². The Morgan fingerprint density at radius 1 is 0.786 bits per heavy atom. The summed E-state index contributed by atoms with van der Waals surface area (Å²) in [7, 11) is 3.33. The molecule has 0 aromatic carbocycles. The van der Waals surface area contributed by atoms with E-state index in [-0.39, 0.29) is 30.3 Å². The number of carbonyl (C=O) groups excluding carboxylic acids is 1. The maximum atomic E-state index is 12.7. The molecule has 0 amide bonds. The van der Waals surface area contributed by atoms with Gasteiger partial charge in [-0.1, -0.05) is 0 Å². The number of aromatic carboxylic acids is 1. The van der Waals surface area contributed by atoms with E-state index in [1.165, 1.54) is 0 Å². The predicted octanol–water partition coefficient (Wildman–Crippen LogP) is 6.53. The molecule has 4 atom stereocenters. The third-order valence-electron chi connectivity index (χ3n) is 7.75. The van der Waals surface area contributed by atoms with Crippen molar-refractivity contribution in [3.63, 3.8) is 0 Å². The lowest BCUT2D eigenvalue weighted by molar-refractivity contribution is 0.00698. The molecule has 10 nitrogen and oxygen atoms in total. The zero-order valence-electron chi connectivity index (χ0n) is 26.6. The second-order valence-electron chi connectivity index (χ2n) is 11.6. The van der Waals surface area contributed by atoms with Crippen LogP contribution in [0, 0.1) is 13.8 Å². The molecule has 4 heterocycles. The molecule has 0 radical (unpaired) electrons. The van der Waals surface area contributed by atoms with Crippen LogP contribution in [0.2, 0.25) is 0 Å². The summed E-state index contributed by atoms with van der Waals surface area (Å²) in [5.74, 6) is -1.24. The van der Waals surface area contributed by atoms with E-state index < -0.39 is 11.6 Å². The topological polar surface area (TPSA) is 118 Å². The Hall–Kier alpha value is -3.76. The molecule has 42 heavy (non-hydrogen) atoms. The van der Waals surface area contributed by atoms with E-state index in [4.69, 9.17) is 14.2 Å². The fourth-order valence-corrected chi connectivity index (χ4v) is 5.18. The first-order chi connectivity index (χ1) is 19.7. The number of carboxylic acids is 1. The lowest BCUT2D eigenvalue weighted by Gasteiger charge is -2.23. The zero-order valence-corrected chi connectivity index (χ0v) is 26.6. The number of methoxy groups -OCH3 is 2. The number of pyridine rings is 2. The Labute approximate surface area is 247 Å². The zero-order chi connectivity index (χ0) is 31.5. The van der Waals surface area contributed by atoms with Crippen molar-refractivity contribution in [1.29, 1.82) is 0 Å². The molecule has 1 N–H and O–H groups in total. The SMILES string of the molecule is COC(C)C(C)n1c(C)c(C(=O)O)c2cccnc21.COC(C)C(C)n1c(C)c(C(=O)OC(C)(C)C)c2cccnc21. The summed E-state index contributed by atoms with van der Waals surface area (Å²) in [6.07, 6.45) is 3.38. The fourth-order valence-electron chi connectivity index (χ4n) is 5.18. The highest BCUT2D eigenvalue weighted by atomic mass is 16.6. The Morgan fingerprint density at radius 2 is 1.19 bits per heavy atom. The fraction of sp³-hybridized carbons (Fsp3) is 0.500. The van der Waals surface area contributed by atoms with Gasteiger partial charge in [0.15, 0.2) is 0 Å². The number of ether oxygens (including phenoxy) is 3. The van der Waals surface area contributed by atoms with Crippen molar-refractivity contribution in [1.82, 2.24) is 19.1 Å². The van der Waals surface area contributed by atoms with E-state index in [1.807, 2.05) is 72.1 Å². The monoisotopic (exact) mass is 580 g/mol. The van der Waals surface area contributed by atoms with Crippen LogP contribution in [0.5, 0.6) is 0 Å². The maximum absolute atomic E-state index is 12.7. The first kappa shape index (κ1) is 32.8. The largest absolute Gasteiger partial charge is 0.478 e. The van der Waals surface area contributed by atoms with Crippen LogP contribution in [0.15, 0.2) is 36.7 Å². The lowest BCUT2D eigenvalue weighted by Crippen LogP contribution is -2.25. The number of fused-ring (bicyclic) bond motifs is 2. The first-order valence-electron chi connectivity index (χ1n) is 14.1. The van der Waals surface area contributed by atoms with Crippen molar-refractivity contribution in [2.75, 3.05) is 14.2 Å². The molecular formula is C32H44N4O6. The highest BCUT2D eigenvalue weighted by Crippen LogP contribution is 2.31. The summed E-state index contributed by atoms with van der Waals surface area (Å²) < 4.78 is 20.4. The molecule has 10 heteroatoms. The second-order valence-corrected chi connectivity index (χ2v) is 11.6. The van der Waals surface area contributed by atoms with Gasteiger partial charge < -0.3 is 28.5 Å². The third-order valence-corrected chi connectivity index (χ3v) is 7.75. The van der Waals surface area contributed by atoms with Crippen LogP contribution in [0.1, 0.15) is 92.7 Å². The van der Waals surface area contributed by atoms with Crippen molar-refractivity contribution < 1.29 is 28.9 Å². The van der Waals surface area contributed by atoms with Crippen LogP contribution >= 0.6 is 0 Å². The third kappa shape index (κ3) is 6.50. The lowest BCUT2D eigenvalue weighted by atomic mass is 10.1. The quantitative estimate of drug-likeness (QED) is 0.234. The van der Waals surface area contributed by atoms with Gasteiger partial charge in [0.05, 0.1) is 35.4 Å². The molecule has 0 spiro atoms. The number of hydrogen-bond acceptors (Lipinski definition) is 7. The van der Waals surface area contributed by atoms with Crippen molar-refractivity contribution in [2.24, 2.45) is 0 Å². The minimum Gasteiger partial charge on any atom is -0.478 e. The van der Waals surface area contributed by atoms with E-state index in [0.717, 1.165) is 16.7 Å².